The predicted molar refractivity (Wildman–Crippen MR) is 115 cm³/mol. The number of hydrogen-bond donors (Lipinski definition) is 1. The highest BCUT2D eigenvalue weighted by Crippen LogP contribution is 2.24. The van der Waals surface area contributed by atoms with Crippen LogP contribution in [0.5, 0.6) is 0 Å². The molecule has 0 saturated carbocycles. The SMILES string of the molecule is Cc1cc(C)cc(N([C@@H](C)C(=O)N[C@@H](C)c2ccc(C)c(C)c2)S(C)(=O)=O)c1. The van der Waals surface area contributed by atoms with Crippen molar-refractivity contribution >= 4 is 21.6 Å². The first-order valence-electron chi connectivity index (χ1n) is 9.35. The number of carbonyl (C=O) groups excluding carboxylic acids is 1. The summed E-state index contributed by atoms with van der Waals surface area (Å²) in [6, 6.07) is 10.5. The van der Waals surface area contributed by atoms with Gasteiger partial charge in [0.15, 0.2) is 0 Å². The molecule has 28 heavy (non-hydrogen) atoms. The Balaban J connectivity index is 2.29. The maximum Gasteiger partial charge on any atom is 0.244 e. The third-order valence-electron chi connectivity index (χ3n) is 4.94. The number of hydrogen-bond acceptors (Lipinski definition) is 3. The van der Waals surface area contributed by atoms with Crippen LogP contribution in [-0.2, 0) is 14.8 Å². The van der Waals surface area contributed by atoms with E-state index in [2.05, 4.69) is 5.32 Å². The van der Waals surface area contributed by atoms with E-state index in [0.717, 1.165) is 28.5 Å². The van der Waals surface area contributed by atoms with Gasteiger partial charge in [-0.05, 0) is 81.5 Å². The zero-order valence-electron chi connectivity index (χ0n) is 17.7. The van der Waals surface area contributed by atoms with E-state index >= 15 is 0 Å². The Bertz CT molecular complexity index is 963. The lowest BCUT2D eigenvalue weighted by molar-refractivity contribution is -0.122. The first kappa shape index (κ1) is 22.0. The van der Waals surface area contributed by atoms with Crippen LogP contribution in [0.3, 0.4) is 0 Å². The summed E-state index contributed by atoms with van der Waals surface area (Å²) in [7, 11) is -3.64. The number of sulfonamides is 1. The summed E-state index contributed by atoms with van der Waals surface area (Å²) in [4.78, 5) is 12.9. The van der Waals surface area contributed by atoms with Gasteiger partial charge in [-0.15, -0.1) is 0 Å². The molecular weight excluding hydrogens is 372 g/mol. The van der Waals surface area contributed by atoms with Gasteiger partial charge in [0.25, 0.3) is 0 Å². The molecule has 0 bridgehead atoms. The molecule has 2 atom stereocenters. The van der Waals surface area contributed by atoms with Crippen molar-refractivity contribution in [2.45, 2.75) is 53.6 Å². The minimum Gasteiger partial charge on any atom is -0.348 e. The zero-order valence-corrected chi connectivity index (χ0v) is 18.5. The lowest BCUT2D eigenvalue weighted by Gasteiger charge is -2.30. The molecule has 2 aromatic rings. The Morgan fingerprint density at radius 2 is 1.50 bits per heavy atom. The third kappa shape index (κ3) is 5.13. The number of anilines is 1. The van der Waals surface area contributed by atoms with E-state index in [1.165, 1.54) is 9.87 Å². The summed E-state index contributed by atoms with van der Waals surface area (Å²) in [6.45, 7) is 11.4. The van der Waals surface area contributed by atoms with Crippen LogP contribution in [0.1, 0.15) is 47.7 Å². The molecule has 6 heteroatoms. The molecule has 0 aliphatic heterocycles. The molecule has 0 heterocycles. The molecule has 1 N–H and O–H groups in total. The first-order valence-corrected chi connectivity index (χ1v) is 11.2. The summed E-state index contributed by atoms with van der Waals surface area (Å²) < 4.78 is 26.2. The standard InChI is InChI=1S/C22H30N2O3S/c1-14-10-15(2)12-21(11-14)24(28(7,26)27)19(6)22(25)23-18(5)20-9-8-16(3)17(4)13-20/h8-13,18-19H,1-7H3,(H,23,25)/t18-,19-/m0/s1. The monoisotopic (exact) mass is 402 g/mol. The van der Waals surface area contributed by atoms with E-state index in [4.69, 9.17) is 0 Å². The molecule has 0 fully saturated rings. The molecule has 0 aromatic heterocycles. The number of carbonyl (C=O) groups is 1. The van der Waals surface area contributed by atoms with Crippen molar-refractivity contribution in [2.75, 3.05) is 10.6 Å². The van der Waals surface area contributed by atoms with Gasteiger partial charge in [-0.3, -0.25) is 9.10 Å². The summed E-state index contributed by atoms with van der Waals surface area (Å²) in [6.07, 6.45) is 1.13. The first-order chi connectivity index (χ1) is 12.9. The minimum absolute atomic E-state index is 0.227. The van der Waals surface area contributed by atoms with Crippen molar-refractivity contribution in [2.24, 2.45) is 0 Å². The van der Waals surface area contributed by atoms with Gasteiger partial charge in [-0.2, -0.15) is 0 Å². The highest BCUT2D eigenvalue weighted by Gasteiger charge is 2.30. The number of aryl methyl sites for hydroxylation is 4. The van der Waals surface area contributed by atoms with Crippen molar-refractivity contribution in [3.05, 3.63) is 64.2 Å². The summed E-state index contributed by atoms with van der Waals surface area (Å²) in [5, 5.41) is 2.95. The molecule has 0 aliphatic rings. The lowest BCUT2D eigenvalue weighted by Crippen LogP contribution is -2.48. The highest BCUT2D eigenvalue weighted by molar-refractivity contribution is 7.92. The second-order valence-corrected chi connectivity index (χ2v) is 9.51. The van der Waals surface area contributed by atoms with Crippen LogP contribution in [0.25, 0.3) is 0 Å². The molecule has 5 nitrogen and oxygen atoms in total. The van der Waals surface area contributed by atoms with E-state index in [0.29, 0.717) is 5.69 Å². The second-order valence-electron chi connectivity index (χ2n) is 7.65. The van der Waals surface area contributed by atoms with Crippen molar-refractivity contribution < 1.29 is 13.2 Å². The maximum atomic E-state index is 12.9. The van der Waals surface area contributed by atoms with Crippen LogP contribution in [0.15, 0.2) is 36.4 Å². The van der Waals surface area contributed by atoms with Crippen molar-refractivity contribution in [3.63, 3.8) is 0 Å². The molecule has 1 amide bonds. The van der Waals surface area contributed by atoms with Crippen LogP contribution in [0, 0.1) is 27.7 Å². The molecule has 0 radical (unpaired) electrons. The van der Waals surface area contributed by atoms with E-state index < -0.39 is 16.1 Å². The fourth-order valence-corrected chi connectivity index (χ4v) is 4.50. The number of nitrogens with one attached hydrogen (secondary N) is 1. The average molecular weight is 403 g/mol. The molecule has 0 spiro atoms. The van der Waals surface area contributed by atoms with Gasteiger partial charge in [0.05, 0.1) is 18.0 Å². The molecule has 2 rings (SSSR count). The smallest absolute Gasteiger partial charge is 0.244 e. The van der Waals surface area contributed by atoms with Crippen molar-refractivity contribution in [3.8, 4) is 0 Å². The Morgan fingerprint density at radius 3 is 2.00 bits per heavy atom. The fourth-order valence-electron chi connectivity index (χ4n) is 3.34. The summed E-state index contributed by atoms with van der Waals surface area (Å²) in [5.41, 5.74) is 5.72. The quantitative estimate of drug-likeness (QED) is 0.795. The number of amides is 1. The van der Waals surface area contributed by atoms with Gasteiger partial charge in [0, 0.05) is 0 Å². The molecule has 2 aromatic carbocycles. The molecule has 0 unspecified atom stereocenters. The number of nitrogens with zero attached hydrogens (tertiary/aromatic N) is 1. The van der Waals surface area contributed by atoms with Gasteiger partial charge < -0.3 is 5.32 Å². The second kappa shape index (κ2) is 8.35. The molecular formula is C22H30N2O3S. The summed E-state index contributed by atoms with van der Waals surface area (Å²) >= 11 is 0. The van der Waals surface area contributed by atoms with Crippen LogP contribution in [0.2, 0.25) is 0 Å². The van der Waals surface area contributed by atoms with Crippen LogP contribution >= 0.6 is 0 Å². The molecule has 0 saturated heterocycles. The van der Waals surface area contributed by atoms with Crippen molar-refractivity contribution in [1.29, 1.82) is 0 Å². The topological polar surface area (TPSA) is 66.5 Å². The Kier molecular flexibility index (Phi) is 6.55. The van der Waals surface area contributed by atoms with Gasteiger partial charge in [0.1, 0.15) is 6.04 Å². The maximum absolute atomic E-state index is 12.9. The van der Waals surface area contributed by atoms with Gasteiger partial charge in [-0.25, -0.2) is 8.42 Å². The third-order valence-corrected chi connectivity index (χ3v) is 6.18. The van der Waals surface area contributed by atoms with Gasteiger partial charge in [0.2, 0.25) is 15.9 Å². The van der Waals surface area contributed by atoms with Gasteiger partial charge >= 0.3 is 0 Å². The van der Waals surface area contributed by atoms with Crippen LogP contribution < -0.4 is 9.62 Å². The Hall–Kier alpha value is -2.34. The Morgan fingerprint density at radius 1 is 0.929 bits per heavy atom. The number of rotatable bonds is 6. The van der Waals surface area contributed by atoms with E-state index in [-0.39, 0.29) is 11.9 Å². The lowest BCUT2D eigenvalue weighted by atomic mass is 10.0. The minimum atomic E-state index is -3.64. The zero-order chi connectivity index (χ0) is 21.2. The Labute approximate surface area is 168 Å². The molecule has 0 aliphatic carbocycles. The highest BCUT2D eigenvalue weighted by atomic mass is 32.2. The predicted octanol–water partition coefficient (Wildman–Crippen LogP) is 3.95. The van der Waals surface area contributed by atoms with E-state index in [1.807, 2.05) is 58.9 Å². The average Bonchev–Trinajstić information content (AvgIpc) is 2.55. The van der Waals surface area contributed by atoms with E-state index in [9.17, 15) is 13.2 Å². The number of benzene rings is 2. The molecule has 152 valence electrons. The van der Waals surface area contributed by atoms with E-state index in [1.54, 1.807) is 19.1 Å². The largest absolute Gasteiger partial charge is 0.348 e. The van der Waals surface area contributed by atoms with Gasteiger partial charge in [-0.1, -0.05) is 24.3 Å². The fraction of sp³-hybridized carbons (Fsp3) is 0.409. The normalized spacial score (nSPS) is 13.7. The van der Waals surface area contributed by atoms with Crippen LogP contribution in [0.4, 0.5) is 5.69 Å². The van der Waals surface area contributed by atoms with Crippen molar-refractivity contribution in [1.82, 2.24) is 5.32 Å². The van der Waals surface area contributed by atoms with Crippen LogP contribution in [-0.4, -0.2) is 26.6 Å². The summed E-state index contributed by atoms with van der Waals surface area (Å²) in [5.74, 6) is -0.338.